The van der Waals surface area contributed by atoms with E-state index in [0.717, 1.165) is 19.5 Å². The maximum atomic E-state index is 14.4. The molecule has 1 aliphatic rings. The third kappa shape index (κ3) is 7.22. The van der Waals surface area contributed by atoms with Gasteiger partial charge in [-0.15, -0.1) is 0 Å². The number of allylic oxidation sites excluding steroid dienone is 1. The van der Waals surface area contributed by atoms with Gasteiger partial charge in [0, 0.05) is 50.1 Å². The highest BCUT2D eigenvalue weighted by molar-refractivity contribution is 6.00. The number of amides is 1. The Morgan fingerprint density at radius 3 is 2.52 bits per heavy atom. The fourth-order valence-corrected chi connectivity index (χ4v) is 4.65. The molecule has 0 bridgehead atoms. The summed E-state index contributed by atoms with van der Waals surface area (Å²) < 4.78 is 61.7. The van der Waals surface area contributed by atoms with Gasteiger partial charge < -0.3 is 15.0 Å². The first-order valence-electron chi connectivity index (χ1n) is 13.5. The van der Waals surface area contributed by atoms with E-state index < -0.39 is 18.5 Å². The highest BCUT2D eigenvalue weighted by atomic mass is 19.4. The number of hydrogen-bond donors (Lipinski definition) is 2. The number of halogens is 4. The molecule has 7 nitrogen and oxygen atoms in total. The largest absolute Gasteiger partial charge is 0.476 e. The van der Waals surface area contributed by atoms with E-state index in [4.69, 9.17) is 4.74 Å². The maximum Gasteiger partial charge on any atom is 0.393 e. The lowest BCUT2D eigenvalue weighted by atomic mass is 9.88. The van der Waals surface area contributed by atoms with Crippen molar-refractivity contribution in [1.29, 1.82) is 0 Å². The van der Waals surface area contributed by atoms with Crippen molar-refractivity contribution in [3.8, 4) is 5.88 Å². The molecule has 0 radical (unpaired) electrons. The monoisotopic (exact) mass is 579 g/mol. The van der Waals surface area contributed by atoms with Crippen molar-refractivity contribution in [2.75, 3.05) is 32.8 Å². The van der Waals surface area contributed by atoms with Crippen molar-refractivity contribution >= 4 is 28.0 Å². The molecule has 0 spiro atoms. The summed E-state index contributed by atoms with van der Waals surface area (Å²) in [6, 6.07) is 16.2. The Balaban J connectivity index is 1.36. The van der Waals surface area contributed by atoms with Crippen molar-refractivity contribution in [2.24, 2.45) is 0 Å². The summed E-state index contributed by atoms with van der Waals surface area (Å²) in [5.74, 6) is -0.355. The number of aromatic amines is 1. The van der Waals surface area contributed by atoms with Crippen LogP contribution in [0.25, 0.3) is 22.0 Å². The first kappa shape index (κ1) is 29.0. The summed E-state index contributed by atoms with van der Waals surface area (Å²) in [6.45, 7) is 2.91. The van der Waals surface area contributed by atoms with Gasteiger partial charge in [-0.1, -0.05) is 42.5 Å². The lowest BCUT2D eigenvalue weighted by Gasteiger charge is -2.29. The van der Waals surface area contributed by atoms with Crippen LogP contribution in [0.1, 0.15) is 29.5 Å². The van der Waals surface area contributed by atoms with Crippen LogP contribution >= 0.6 is 0 Å². The molecule has 42 heavy (non-hydrogen) atoms. The van der Waals surface area contributed by atoms with E-state index in [0.29, 0.717) is 47.8 Å². The molecule has 2 aromatic carbocycles. The number of hydrogen-bond acceptors (Lipinski definition) is 5. The minimum absolute atomic E-state index is 0.0116. The van der Waals surface area contributed by atoms with E-state index in [2.05, 4.69) is 20.5 Å². The van der Waals surface area contributed by atoms with E-state index in [1.165, 1.54) is 12.3 Å². The lowest BCUT2D eigenvalue weighted by Crippen LogP contribution is -2.41. The average Bonchev–Trinajstić information content (AvgIpc) is 3.31. The fourth-order valence-electron chi connectivity index (χ4n) is 4.65. The summed E-state index contributed by atoms with van der Waals surface area (Å²) in [7, 11) is 0. The molecule has 1 saturated heterocycles. The minimum Gasteiger partial charge on any atom is -0.476 e. The molecule has 11 heteroatoms. The average molecular weight is 580 g/mol. The topological polar surface area (TPSA) is 83.1 Å². The van der Waals surface area contributed by atoms with Crippen LogP contribution in [0.5, 0.6) is 5.88 Å². The predicted molar refractivity (Wildman–Crippen MR) is 152 cm³/mol. The Bertz CT molecular complexity index is 1580. The molecule has 0 aliphatic carbocycles. The van der Waals surface area contributed by atoms with Crippen molar-refractivity contribution < 1.29 is 27.1 Å². The lowest BCUT2D eigenvalue weighted by molar-refractivity contribution is -0.129. The van der Waals surface area contributed by atoms with Gasteiger partial charge in [0.1, 0.15) is 6.61 Å². The number of aromatic nitrogens is 3. The van der Waals surface area contributed by atoms with Crippen LogP contribution in [-0.4, -0.2) is 65.0 Å². The van der Waals surface area contributed by atoms with Crippen LogP contribution in [0.15, 0.2) is 79.0 Å². The smallest absolute Gasteiger partial charge is 0.393 e. The summed E-state index contributed by atoms with van der Waals surface area (Å²) in [5, 5.41) is 9.48. The van der Waals surface area contributed by atoms with Crippen LogP contribution < -0.4 is 10.1 Å². The molecule has 0 atom stereocenters. The molecule has 4 aromatic rings. The van der Waals surface area contributed by atoms with Crippen molar-refractivity contribution in [1.82, 2.24) is 25.4 Å². The van der Waals surface area contributed by atoms with Crippen molar-refractivity contribution in [3.63, 3.8) is 0 Å². The third-order valence-electron chi connectivity index (χ3n) is 6.84. The van der Waals surface area contributed by atoms with Gasteiger partial charge in [-0.05, 0) is 46.9 Å². The van der Waals surface area contributed by atoms with E-state index in [1.807, 2.05) is 0 Å². The first-order valence-corrected chi connectivity index (χ1v) is 13.5. The number of carbonyl (C=O) groups excluding carboxylic acids is 1. The summed E-state index contributed by atoms with van der Waals surface area (Å²) in [6.07, 6.45) is 0.129. The second-order valence-corrected chi connectivity index (χ2v) is 9.80. The van der Waals surface area contributed by atoms with E-state index in [1.54, 1.807) is 71.6 Å². The van der Waals surface area contributed by atoms with Gasteiger partial charge in [-0.3, -0.25) is 9.89 Å². The van der Waals surface area contributed by atoms with Gasteiger partial charge in [0.05, 0.1) is 17.3 Å². The second-order valence-electron chi connectivity index (χ2n) is 9.80. The van der Waals surface area contributed by atoms with E-state index in [-0.39, 0.29) is 22.4 Å². The highest BCUT2D eigenvalue weighted by Crippen LogP contribution is 2.40. The van der Waals surface area contributed by atoms with Gasteiger partial charge in [0.15, 0.2) is 0 Å². The predicted octanol–water partition coefficient (Wildman–Crippen LogP) is 5.77. The minimum atomic E-state index is -4.50. The quantitative estimate of drug-likeness (QED) is 0.102. The number of rotatable bonds is 11. The van der Waals surface area contributed by atoms with Gasteiger partial charge in [0.25, 0.3) is 0 Å². The van der Waals surface area contributed by atoms with Crippen molar-refractivity contribution in [3.05, 3.63) is 102 Å². The number of benzene rings is 2. The zero-order valence-corrected chi connectivity index (χ0v) is 22.6. The number of H-pyrrole nitrogens is 1. The summed E-state index contributed by atoms with van der Waals surface area (Å²) in [5.41, 5.74) is 1.88. The number of carbonyl (C=O) groups is 1. The van der Waals surface area contributed by atoms with Crippen molar-refractivity contribution in [2.45, 2.75) is 19.0 Å². The molecule has 1 amide bonds. The zero-order chi connectivity index (χ0) is 29.5. The molecule has 2 aromatic heterocycles. The molecular weight excluding hydrogens is 550 g/mol. The van der Waals surface area contributed by atoms with Gasteiger partial charge in [-0.25, -0.2) is 4.98 Å². The fraction of sp³-hybridized carbons (Fsp3) is 0.258. The van der Waals surface area contributed by atoms with Crippen LogP contribution in [0.4, 0.5) is 17.6 Å². The number of fused-ring (bicyclic) bond motifs is 1. The number of ether oxygens (including phenoxy) is 1. The Kier molecular flexibility index (Phi) is 8.97. The Hall–Kier alpha value is -4.51. The summed E-state index contributed by atoms with van der Waals surface area (Å²) in [4.78, 5) is 17.9. The SMILES string of the molecule is O=C(/C=C/CNCCOc1ccc(/C(=C(/CC(F)(F)F)c2ccccc2)c2ccc3n[nH]c(F)c3c2)cn1)N1CCC1. The molecule has 1 fully saturated rings. The number of likely N-dealkylation sites (tertiary alicyclic amines) is 1. The number of alkyl halides is 3. The molecule has 5 rings (SSSR count). The van der Waals surface area contributed by atoms with Crippen LogP contribution in [0.2, 0.25) is 0 Å². The Morgan fingerprint density at radius 1 is 1.05 bits per heavy atom. The number of nitrogens with one attached hydrogen (secondary N) is 2. The molecule has 3 heterocycles. The second kappa shape index (κ2) is 13.0. The molecule has 1 aliphatic heterocycles. The summed E-state index contributed by atoms with van der Waals surface area (Å²) >= 11 is 0. The normalized spacial score (nSPS) is 14.2. The van der Waals surface area contributed by atoms with E-state index >= 15 is 0 Å². The van der Waals surface area contributed by atoms with Gasteiger partial charge in [0.2, 0.25) is 17.7 Å². The molecular formula is C31H29F4N5O2. The molecule has 0 unspecified atom stereocenters. The molecule has 218 valence electrons. The Labute approximate surface area is 239 Å². The van der Waals surface area contributed by atoms with Gasteiger partial charge >= 0.3 is 6.18 Å². The molecule has 2 N–H and O–H groups in total. The highest BCUT2D eigenvalue weighted by Gasteiger charge is 2.32. The maximum absolute atomic E-state index is 14.4. The number of pyridine rings is 1. The Morgan fingerprint density at radius 2 is 1.83 bits per heavy atom. The van der Waals surface area contributed by atoms with Gasteiger partial charge in [-0.2, -0.15) is 22.7 Å². The zero-order valence-electron chi connectivity index (χ0n) is 22.6. The van der Waals surface area contributed by atoms with Crippen LogP contribution in [0, 0.1) is 5.95 Å². The van der Waals surface area contributed by atoms with Crippen LogP contribution in [0.3, 0.4) is 0 Å². The standard InChI is InChI=1S/C31H29F4N5O2/c32-30-24-18-22(9-11-26(24)38-39-30)29(25(19-31(33,34)35)21-6-2-1-3-7-21)23-10-12-27(37-20-23)42-17-14-36-13-4-8-28(41)40-15-5-16-40/h1-4,6-12,18,20,36H,5,13-17,19H2,(H,38,39)/b8-4+,29-25-. The molecule has 0 saturated carbocycles. The first-order chi connectivity index (χ1) is 20.3. The van der Waals surface area contributed by atoms with E-state index in [9.17, 15) is 22.4 Å². The van der Waals surface area contributed by atoms with Crippen LogP contribution in [-0.2, 0) is 4.79 Å². The number of nitrogens with zero attached hydrogens (tertiary/aromatic N) is 3. The third-order valence-corrected chi connectivity index (χ3v) is 6.84.